The molecule has 9 heteroatoms. The van der Waals surface area contributed by atoms with Gasteiger partial charge in [0.2, 0.25) is 5.91 Å². The van der Waals surface area contributed by atoms with Gasteiger partial charge in [0.05, 0.1) is 11.4 Å². The first-order valence-corrected chi connectivity index (χ1v) is 11.1. The van der Waals surface area contributed by atoms with E-state index in [4.69, 9.17) is 0 Å². The van der Waals surface area contributed by atoms with Crippen molar-refractivity contribution in [3.63, 3.8) is 0 Å². The number of nitrogens with one attached hydrogen (secondary N) is 2. The van der Waals surface area contributed by atoms with Crippen molar-refractivity contribution in [2.24, 2.45) is 4.99 Å². The first-order chi connectivity index (χ1) is 13.9. The minimum Gasteiger partial charge on any atom is -0.357 e. The largest absolute Gasteiger partial charge is 0.357 e. The Morgan fingerprint density at radius 1 is 1.17 bits per heavy atom. The van der Waals surface area contributed by atoms with E-state index in [1.807, 2.05) is 12.1 Å². The fraction of sp³-hybridized carbons (Fsp3) is 0.350. The number of aliphatic imine (C=N–C) groups is 1. The van der Waals surface area contributed by atoms with Gasteiger partial charge in [-0.25, -0.2) is 13.4 Å². The van der Waals surface area contributed by atoms with Gasteiger partial charge >= 0.3 is 0 Å². The zero-order valence-corrected chi connectivity index (χ0v) is 17.4. The van der Waals surface area contributed by atoms with Crippen LogP contribution in [0.1, 0.15) is 31.4 Å². The first kappa shape index (κ1) is 20.8. The molecule has 0 atom stereocenters. The summed E-state index contributed by atoms with van der Waals surface area (Å²) in [4.78, 5) is 23.1. The second kappa shape index (κ2) is 9.04. The Bertz CT molecular complexity index is 999. The summed E-state index contributed by atoms with van der Waals surface area (Å²) in [5.74, 6) is 1.04. The van der Waals surface area contributed by atoms with Crippen LogP contribution in [-0.4, -0.2) is 44.8 Å². The van der Waals surface area contributed by atoms with Crippen LogP contribution in [-0.2, 0) is 21.4 Å². The molecule has 1 aromatic heterocycles. The van der Waals surface area contributed by atoms with E-state index in [9.17, 15) is 13.2 Å². The highest BCUT2D eigenvalue weighted by Crippen LogP contribution is 2.22. The summed E-state index contributed by atoms with van der Waals surface area (Å²) in [6.07, 6.45) is 1.93. The van der Waals surface area contributed by atoms with Crippen LogP contribution in [0.25, 0.3) is 0 Å². The number of pyridine rings is 1. The number of anilines is 1. The standard InChI is InChI=1S/C20H25N5O3S/c1-3-25(4-2)18-10-9-15(13-22-18)14-23-19(26)11-12-21-20-16-7-5-6-8-17(16)29(27,28)24-20/h5-10,13H,3-4,11-12,14H2,1-2H3,(H,21,24)(H,23,26). The van der Waals surface area contributed by atoms with E-state index >= 15 is 0 Å². The molecule has 8 nitrogen and oxygen atoms in total. The molecule has 0 radical (unpaired) electrons. The number of hydrogen-bond acceptors (Lipinski definition) is 6. The molecule has 29 heavy (non-hydrogen) atoms. The molecule has 3 rings (SSSR count). The predicted molar refractivity (Wildman–Crippen MR) is 112 cm³/mol. The first-order valence-electron chi connectivity index (χ1n) is 9.57. The van der Waals surface area contributed by atoms with Crippen molar-refractivity contribution in [2.75, 3.05) is 24.5 Å². The maximum atomic E-state index is 12.1. The van der Waals surface area contributed by atoms with Gasteiger partial charge in [0.1, 0.15) is 11.7 Å². The number of fused-ring (bicyclic) bond motifs is 1. The highest BCUT2D eigenvalue weighted by molar-refractivity contribution is 7.90. The number of amidine groups is 1. The number of sulfonamides is 1. The van der Waals surface area contributed by atoms with Crippen LogP contribution >= 0.6 is 0 Å². The number of carbonyl (C=O) groups excluding carboxylic acids is 1. The lowest BCUT2D eigenvalue weighted by Gasteiger charge is -2.19. The van der Waals surface area contributed by atoms with Gasteiger partial charge in [-0.3, -0.25) is 14.5 Å². The summed E-state index contributed by atoms with van der Waals surface area (Å²) >= 11 is 0. The summed E-state index contributed by atoms with van der Waals surface area (Å²) < 4.78 is 26.5. The van der Waals surface area contributed by atoms with E-state index in [-0.39, 0.29) is 29.6 Å². The molecule has 0 bridgehead atoms. The highest BCUT2D eigenvalue weighted by Gasteiger charge is 2.29. The van der Waals surface area contributed by atoms with Crippen LogP contribution in [0.3, 0.4) is 0 Å². The maximum Gasteiger partial charge on any atom is 0.263 e. The van der Waals surface area contributed by atoms with Crippen LogP contribution in [0.2, 0.25) is 0 Å². The van der Waals surface area contributed by atoms with Gasteiger partial charge < -0.3 is 10.2 Å². The van der Waals surface area contributed by atoms with Crippen LogP contribution in [0.4, 0.5) is 5.82 Å². The predicted octanol–water partition coefficient (Wildman–Crippen LogP) is 1.67. The third-order valence-corrected chi connectivity index (χ3v) is 6.05. The minimum atomic E-state index is -3.56. The molecule has 0 aliphatic carbocycles. The summed E-state index contributed by atoms with van der Waals surface area (Å²) in [7, 11) is -3.56. The SMILES string of the molecule is CCN(CC)c1ccc(CNC(=O)CCN=C2NS(=O)(=O)c3ccccc32)cn1. The van der Waals surface area contributed by atoms with Gasteiger partial charge in [0.25, 0.3) is 10.0 Å². The molecule has 0 spiro atoms. The Morgan fingerprint density at radius 2 is 1.93 bits per heavy atom. The molecule has 1 aliphatic rings. The number of benzene rings is 1. The number of aromatic nitrogens is 1. The number of hydrogen-bond donors (Lipinski definition) is 2. The molecule has 2 N–H and O–H groups in total. The van der Waals surface area contributed by atoms with E-state index in [0.29, 0.717) is 12.1 Å². The van der Waals surface area contributed by atoms with Gasteiger partial charge in [-0.2, -0.15) is 0 Å². The number of carbonyl (C=O) groups is 1. The quantitative estimate of drug-likeness (QED) is 0.683. The topological polar surface area (TPSA) is 104 Å². The second-order valence-corrected chi connectivity index (χ2v) is 8.21. The average Bonchev–Trinajstić information content (AvgIpc) is 2.99. The lowest BCUT2D eigenvalue weighted by molar-refractivity contribution is -0.121. The number of rotatable bonds is 8. The van der Waals surface area contributed by atoms with Crippen LogP contribution in [0.5, 0.6) is 0 Å². The summed E-state index contributed by atoms with van der Waals surface area (Å²) in [5.41, 5.74) is 1.45. The van der Waals surface area contributed by atoms with E-state index in [0.717, 1.165) is 24.5 Å². The van der Waals surface area contributed by atoms with Crippen molar-refractivity contribution in [3.05, 3.63) is 53.7 Å². The molecule has 1 aromatic carbocycles. The van der Waals surface area contributed by atoms with Crippen molar-refractivity contribution in [1.82, 2.24) is 15.0 Å². The fourth-order valence-corrected chi connectivity index (χ4v) is 4.32. The average molecular weight is 416 g/mol. The fourth-order valence-electron chi connectivity index (χ4n) is 3.07. The number of nitrogens with zero attached hydrogens (tertiary/aromatic N) is 3. The van der Waals surface area contributed by atoms with Gasteiger partial charge in [0, 0.05) is 37.8 Å². The third-order valence-electron chi connectivity index (χ3n) is 4.66. The van der Waals surface area contributed by atoms with Crippen molar-refractivity contribution < 1.29 is 13.2 Å². The molecule has 1 aliphatic heterocycles. The third kappa shape index (κ3) is 4.92. The van der Waals surface area contributed by atoms with Gasteiger partial charge in [-0.15, -0.1) is 0 Å². The molecule has 2 aromatic rings. The molecule has 0 unspecified atom stereocenters. The minimum absolute atomic E-state index is 0.156. The Hall–Kier alpha value is -2.94. The molecule has 0 saturated heterocycles. The monoisotopic (exact) mass is 415 g/mol. The number of amides is 1. The maximum absolute atomic E-state index is 12.1. The molecule has 154 valence electrons. The van der Waals surface area contributed by atoms with Crippen molar-refractivity contribution in [1.29, 1.82) is 0 Å². The van der Waals surface area contributed by atoms with Crippen LogP contribution in [0, 0.1) is 0 Å². The smallest absolute Gasteiger partial charge is 0.263 e. The van der Waals surface area contributed by atoms with E-state index in [2.05, 4.69) is 38.8 Å². The van der Waals surface area contributed by atoms with E-state index < -0.39 is 10.0 Å². The Labute approximate surface area is 171 Å². The lowest BCUT2D eigenvalue weighted by Crippen LogP contribution is -2.25. The highest BCUT2D eigenvalue weighted by atomic mass is 32.2. The van der Waals surface area contributed by atoms with Gasteiger partial charge in [0.15, 0.2) is 0 Å². The molecular weight excluding hydrogens is 390 g/mol. The Balaban J connectivity index is 1.50. The Morgan fingerprint density at radius 3 is 2.62 bits per heavy atom. The molecular formula is C20H25N5O3S. The van der Waals surface area contributed by atoms with Crippen molar-refractivity contribution in [2.45, 2.75) is 31.7 Å². The van der Waals surface area contributed by atoms with E-state index in [1.54, 1.807) is 24.4 Å². The molecule has 0 fully saturated rings. The van der Waals surface area contributed by atoms with Gasteiger partial charge in [-0.1, -0.05) is 18.2 Å². The Kier molecular flexibility index (Phi) is 6.48. The molecule has 2 heterocycles. The summed E-state index contributed by atoms with van der Waals surface area (Å²) in [6.45, 7) is 6.52. The van der Waals surface area contributed by atoms with Crippen molar-refractivity contribution in [3.8, 4) is 0 Å². The van der Waals surface area contributed by atoms with Gasteiger partial charge in [-0.05, 0) is 37.6 Å². The van der Waals surface area contributed by atoms with E-state index in [1.165, 1.54) is 6.07 Å². The zero-order valence-electron chi connectivity index (χ0n) is 16.6. The summed E-state index contributed by atoms with van der Waals surface area (Å²) in [6, 6.07) is 10.5. The van der Waals surface area contributed by atoms with Crippen molar-refractivity contribution >= 4 is 27.6 Å². The normalized spacial score (nSPS) is 15.6. The molecule has 0 saturated carbocycles. The van der Waals surface area contributed by atoms with Crippen LogP contribution < -0.4 is 14.9 Å². The summed E-state index contributed by atoms with van der Waals surface area (Å²) in [5, 5.41) is 2.84. The van der Waals surface area contributed by atoms with Crippen LogP contribution in [0.15, 0.2) is 52.5 Å². The second-order valence-electron chi connectivity index (χ2n) is 6.56. The molecule has 1 amide bonds. The lowest BCUT2D eigenvalue weighted by atomic mass is 10.2. The zero-order chi connectivity index (χ0) is 20.9.